The first-order valence-corrected chi connectivity index (χ1v) is 14.2. The fraction of sp³-hybridized carbons (Fsp3) is 0.565. The number of sulfonamides is 1. The number of carbonyl (C=O) groups is 1. The third-order valence-corrected chi connectivity index (χ3v) is 9.27. The maximum atomic E-state index is 15.2. The molecule has 0 spiro atoms. The fourth-order valence-corrected chi connectivity index (χ4v) is 6.87. The number of thiazole rings is 1. The maximum Gasteiger partial charge on any atom is 0.294 e. The predicted octanol–water partition coefficient (Wildman–Crippen LogP) is 3.05. The van der Waals surface area contributed by atoms with E-state index >= 15 is 4.39 Å². The van der Waals surface area contributed by atoms with Crippen LogP contribution in [0.2, 0.25) is 0 Å². The van der Waals surface area contributed by atoms with E-state index in [2.05, 4.69) is 19.9 Å². The van der Waals surface area contributed by atoms with Crippen molar-refractivity contribution in [1.29, 1.82) is 0 Å². The van der Waals surface area contributed by atoms with Gasteiger partial charge in [-0.05, 0) is 56.7 Å². The van der Waals surface area contributed by atoms with Gasteiger partial charge in [-0.3, -0.25) is 19.7 Å². The molecule has 2 N–H and O–H groups in total. The van der Waals surface area contributed by atoms with Crippen LogP contribution in [0.15, 0.2) is 28.6 Å². The Hall–Kier alpha value is -2.28. The van der Waals surface area contributed by atoms with E-state index in [9.17, 15) is 13.2 Å². The van der Waals surface area contributed by atoms with Gasteiger partial charge < -0.3 is 9.47 Å². The molecule has 1 aromatic carbocycles. The van der Waals surface area contributed by atoms with Crippen LogP contribution in [0.3, 0.4) is 0 Å². The van der Waals surface area contributed by atoms with Crippen LogP contribution in [0, 0.1) is 5.82 Å². The van der Waals surface area contributed by atoms with Gasteiger partial charge in [0.1, 0.15) is 22.6 Å². The highest BCUT2D eigenvalue weighted by Gasteiger charge is 2.42. The molecule has 3 aliphatic rings. The molecule has 4 atom stereocenters. The summed E-state index contributed by atoms with van der Waals surface area (Å²) < 4.78 is 54.9. The lowest BCUT2D eigenvalue weighted by molar-refractivity contribution is -0.148. The van der Waals surface area contributed by atoms with Gasteiger partial charge in [0.05, 0.1) is 6.04 Å². The van der Waals surface area contributed by atoms with Crippen LogP contribution in [0.5, 0.6) is 5.75 Å². The molecule has 2 aromatic rings. The van der Waals surface area contributed by atoms with Crippen molar-refractivity contribution in [2.45, 2.75) is 73.8 Å². The van der Waals surface area contributed by atoms with Gasteiger partial charge in [-0.15, -0.1) is 11.3 Å². The number of anilines is 1. The molecule has 35 heavy (non-hydrogen) atoms. The first-order valence-electron chi connectivity index (χ1n) is 11.8. The van der Waals surface area contributed by atoms with E-state index in [0.29, 0.717) is 18.8 Å². The van der Waals surface area contributed by atoms with Crippen molar-refractivity contribution >= 4 is 33.0 Å². The summed E-state index contributed by atoms with van der Waals surface area (Å²) in [5, 5.41) is 4.94. The van der Waals surface area contributed by atoms with Crippen LogP contribution in [0.1, 0.15) is 50.0 Å². The van der Waals surface area contributed by atoms with E-state index in [1.54, 1.807) is 5.38 Å². The van der Waals surface area contributed by atoms with E-state index in [0.717, 1.165) is 55.4 Å². The molecule has 2 unspecified atom stereocenters. The van der Waals surface area contributed by atoms with E-state index in [1.807, 2.05) is 7.05 Å². The van der Waals surface area contributed by atoms with Gasteiger partial charge in [0.15, 0.2) is 11.4 Å². The number of halogens is 1. The first kappa shape index (κ1) is 24.4. The number of rotatable bonds is 10. The van der Waals surface area contributed by atoms with Gasteiger partial charge in [-0.1, -0.05) is 6.42 Å². The molecule has 1 saturated heterocycles. The summed E-state index contributed by atoms with van der Waals surface area (Å²) in [5.41, 5.74) is 0.727. The highest BCUT2D eigenvalue weighted by Crippen LogP contribution is 2.46. The average molecular weight is 525 g/mol. The molecule has 1 aliphatic heterocycles. The number of likely N-dealkylation sites (N-methyl/N-ethyl adjacent to an activating group) is 1. The number of nitrogens with zero attached hydrogens (tertiary/aromatic N) is 2. The van der Waals surface area contributed by atoms with Crippen molar-refractivity contribution in [3.05, 3.63) is 35.1 Å². The van der Waals surface area contributed by atoms with E-state index < -0.39 is 20.7 Å². The molecule has 2 aliphatic carbocycles. The van der Waals surface area contributed by atoms with Gasteiger partial charge in [0, 0.05) is 30.2 Å². The summed E-state index contributed by atoms with van der Waals surface area (Å²) in [4.78, 5) is 16.5. The SMILES string of the molecule is CN(C1CNC1OC=O)[C@H]1CCCC[C@@H]1Oc1cc(F)c(S(=O)(=O)Nc2nccs2)cc1C1CC1. The lowest BCUT2D eigenvalue weighted by atomic mass is 9.89. The maximum absolute atomic E-state index is 15.2. The topological polar surface area (TPSA) is 110 Å². The lowest BCUT2D eigenvalue weighted by Crippen LogP contribution is -2.68. The minimum absolute atomic E-state index is 0.0403. The van der Waals surface area contributed by atoms with Crippen LogP contribution in [0.25, 0.3) is 0 Å². The summed E-state index contributed by atoms with van der Waals surface area (Å²) in [6.45, 7) is 1.16. The average Bonchev–Trinajstić information content (AvgIpc) is 3.53. The molecule has 9 nitrogen and oxygen atoms in total. The molecule has 12 heteroatoms. The third-order valence-electron chi connectivity index (χ3n) is 7.10. The Labute approximate surface area is 208 Å². The largest absolute Gasteiger partial charge is 0.488 e. The van der Waals surface area contributed by atoms with Crippen LogP contribution >= 0.6 is 11.3 Å². The summed E-state index contributed by atoms with van der Waals surface area (Å²) in [6.07, 6.45) is 6.55. The Kier molecular flexibility index (Phi) is 6.97. The van der Waals surface area contributed by atoms with Crippen LogP contribution < -0.4 is 14.8 Å². The molecule has 3 fully saturated rings. The van der Waals surface area contributed by atoms with Crippen molar-refractivity contribution in [3.8, 4) is 5.75 Å². The number of carbonyl (C=O) groups excluding carboxylic acids is 1. The van der Waals surface area contributed by atoms with Gasteiger partial charge in [0.25, 0.3) is 16.5 Å². The molecule has 5 rings (SSSR count). The van der Waals surface area contributed by atoms with E-state index in [1.165, 1.54) is 18.3 Å². The molecule has 2 saturated carbocycles. The van der Waals surface area contributed by atoms with E-state index in [-0.39, 0.29) is 35.5 Å². The smallest absolute Gasteiger partial charge is 0.294 e. The standard InChI is InChI=1S/C23H29FN4O5S2/c1-28(18-12-26-22(18)32-13-29)17-4-2-3-5-19(17)33-20-11-16(24)21(10-15(20)14-6-7-14)35(30,31)27-23-25-8-9-34-23/h8-11,13-14,17-19,22,26H,2-7,12H2,1H3,(H,25,27)/t17-,18?,19-,22?/m0/s1. The second-order valence-corrected chi connectivity index (χ2v) is 11.9. The number of nitrogens with one attached hydrogen (secondary N) is 2. The van der Waals surface area contributed by atoms with Gasteiger partial charge >= 0.3 is 0 Å². The molecular formula is C23H29FN4O5S2. The summed E-state index contributed by atoms with van der Waals surface area (Å²) in [7, 11) is -2.12. The number of hydrogen-bond donors (Lipinski definition) is 2. The zero-order valence-corrected chi connectivity index (χ0v) is 21.0. The number of hydrogen-bond acceptors (Lipinski definition) is 9. The lowest BCUT2D eigenvalue weighted by Gasteiger charge is -2.48. The Morgan fingerprint density at radius 1 is 1.23 bits per heavy atom. The monoisotopic (exact) mass is 524 g/mol. The molecule has 0 radical (unpaired) electrons. The van der Waals surface area contributed by atoms with E-state index in [4.69, 9.17) is 9.47 Å². The van der Waals surface area contributed by atoms with Gasteiger partial charge in [0.2, 0.25) is 0 Å². The highest BCUT2D eigenvalue weighted by molar-refractivity contribution is 7.93. The first-order chi connectivity index (χ1) is 16.9. The molecule has 0 bridgehead atoms. The summed E-state index contributed by atoms with van der Waals surface area (Å²) in [5.74, 6) is -0.284. The third kappa shape index (κ3) is 5.16. The second kappa shape index (κ2) is 10.00. The predicted molar refractivity (Wildman–Crippen MR) is 128 cm³/mol. The molecule has 1 aromatic heterocycles. The van der Waals surface area contributed by atoms with Crippen LogP contribution in [-0.4, -0.2) is 62.8 Å². The normalized spacial score (nSPS) is 26.7. The van der Waals surface area contributed by atoms with Crippen molar-refractivity contribution in [2.75, 3.05) is 18.3 Å². The Balaban J connectivity index is 1.39. The number of aromatic nitrogens is 1. The molecular weight excluding hydrogens is 495 g/mol. The van der Waals surface area contributed by atoms with Crippen molar-refractivity contribution in [3.63, 3.8) is 0 Å². The molecule has 2 heterocycles. The Morgan fingerprint density at radius 3 is 2.69 bits per heavy atom. The van der Waals surface area contributed by atoms with Crippen LogP contribution in [-0.2, 0) is 19.6 Å². The van der Waals surface area contributed by atoms with Crippen molar-refractivity contribution in [2.24, 2.45) is 0 Å². The summed E-state index contributed by atoms with van der Waals surface area (Å²) >= 11 is 1.13. The Bertz CT molecular complexity index is 1160. The highest BCUT2D eigenvalue weighted by atomic mass is 32.2. The van der Waals surface area contributed by atoms with Gasteiger partial charge in [-0.25, -0.2) is 17.8 Å². The zero-order valence-electron chi connectivity index (χ0n) is 19.4. The van der Waals surface area contributed by atoms with Crippen LogP contribution in [0.4, 0.5) is 9.52 Å². The summed E-state index contributed by atoms with van der Waals surface area (Å²) in [6, 6.07) is 2.75. The number of benzene rings is 1. The minimum atomic E-state index is -4.13. The van der Waals surface area contributed by atoms with Crippen molar-refractivity contribution < 1.29 is 27.1 Å². The van der Waals surface area contributed by atoms with Crippen molar-refractivity contribution in [1.82, 2.24) is 15.2 Å². The fourth-order valence-electron chi connectivity index (χ4n) is 4.98. The number of ether oxygens (including phenoxy) is 2. The molecule has 190 valence electrons. The minimum Gasteiger partial charge on any atom is -0.488 e. The quantitative estimate of drug-likeness (QED) is 0.457. The van der Waals surface area contributed by atoms with Gasteiger partial charge in [-0.2, -0.15) is 0 Å². The molecule has 0 amide bonds. The zero-order chi connectivity index (χ0) is 24.6. The Morgan fingerprint density at radius 2 is 2.03 bits per heavy atom. The second-order valence-electron chi connectivity index (χ2n) is 9.34.